The summed E-state index contributed by atoms with van der Waals surface area (Å²) in [4.78, 5) is 16.5. The molecule has 0 spiro atoms. The molecule has 2 N–H and O–H groups in total. The zero-order chi connectivity index (χ0) is 19.8. The van der Waals surface area contributed by atoms with Crippen LogP contribution in [0.5, 0.6) is 5.75 Å². The largest absolute Gasteiger partial charge is 0.495 e. The van der Waals surface area contributed by atoms with E-state index >= 15 is 0 Å². The maximum Gasteiger partial charge on any atom is 0.411 e. The molecule has 0 aromatic heterocycles. The van der Waals surface area contributed by atoms with Gasteiger partial charge in [-0.25, -0.2) is 4.79 Å². The van der Waals surface area contributed by atoms with Crippen LogP contribution in [0.1, 0.15) is 0 Å². The maximum atomic E-state index is 12.0. The highest BCUT2D eigenvalue weighted by atomic mass is 16.6. The Morgan fingerprint density at radius 3 is 2.46 bits per heavy atom. The smallest absolute Gasteiger partial charge is 0.411 e. The third-order valence-corrected chi connectivity index (χ3v) is 4.71. The van der Waals surface area contributed by atoms with E-state index in [9.17, 15) is 9.90 Å². The van der Waals surface area contributed by atoms with Crippen molar-refractivity contribution in [3.8, 4) is 5.75 Å². The van der Waals surface area contributed by atoms with Crippen molar-refractivity contribution in [2.75, 3.05) is 56.7 Å². The molecular weight excluding hydrogens is 358 g/mol. The fourth-order valence-electron chi connectivity index (χ4n) is 3.24. The van der Waals surface area contributed by atoms with Gasteiger partial charge >= 0.3 is 6.09 Å². The molecule has 28 heavy (non-hydrogen) atoms. The third kappa shape index (κ3) is 5.61. The molecule has 1 heterocycles. The number of aliphatic hydroxyl groups is 1. The summed E-state index contributed by atoms with van der Waals surface area (Å²) in [6.07, 6.45) is -1.34. The number of amides is 1. The summed E-state index contributed by atoms with van der Waals surface area (Å²) in [5.41, 5.74) is 1.75. The number of anilines is 2. The van der Waals surface area contributed by atoms with Gasteiger partial charge in [-0.05, 0) is 24.3 Å². The molecule has 1 aliphatic rings. The zero-order valence-electron chi connectivity index (χ0n) is 16.1. The first kappa shape index (κ1) is 20.0. The minimum atomic E-state index is -0.730. The van der Waals surface area contributed by atoms with Crippen molar-refractivity contribution in [3.05, 3.63) is 54.6 Å². The first-order valence-corrected chi connectivity index (χ1v) is 9.43. The first-order valence-electron chi connectivity index (χ1n) is 9.43. The quantitative estimate of drug-likeness (QED) is 0.763. The standard InChI is InChI=1S/C21H27N3O4/c1-27-20-10-6-5-9-19(20)22-21(26)28-16-18(25)15-23-11-13-24(14-12-23)17-7-3-2-4-8-17/h2-10,18,25H,11-16H2,1H3,(H,22,26). The summed E-state index contributed by atoms with van der Waals surface area (Å²) in [7, 11) is 1.53. The van der Waals surface area contributed by atoms with Gasteiger partial charge < -0.3 is 19.5 Å². The van der Waals surface area contributed by atoms with Gasteiger partial charge in [0.2, 0.25) is 0 Å². The van der Waals surface area contributed by atoms with Crippen LogP contribution < -0.4 is 15.0 Å². The molecule has 7 nitrogen and oxygen atoms in total. The van der Waals surface area contributed by atoms with E-state index in [1.54, 1.807) is 18.2 Å². The minimum Gasteiger partial charge on any atom is -0.495 e. The Morgan fingerprint density at radius 2 is 1.75 bits per heavy atom. The number of carbonyl (C=O) groups is 1. The number of methoxy groups -OCH3 is 1. The molecule has 3 rings (SSSR count). The normalized spacial score (nSPS) is 15.7. The molecule has 1 fully saturated rings. The van der Waals surface area contributed by atoms with E-state index in [2.05, 4.69) is 27.2 Å². The van der Waals surface area contributed by atoms with Crippen LogP contribution in [0.15, 0.2) is 54.6 Å². The van der Waals surface area contributed by atoms with E-state index in [0.29, 0.717) is 18.0 Å². The van der Waals surface area contributed by atoms with E-state index in [4.69, 9.17) is 9.47 Å². The Morgan fingerprint density at radius 1 is 1.07 bits per heavy atom. The van der Waals surface area contributed by atoms with Crippen LogP contribution in [0, 0.1) is 0 Å². The van der Waals surface area contributed by atoms with Crippen molar-refractivity contribution in [2.45, 2.75) is 6.10 Å². The molecule has 1 atom stereocenters. The van der Waals surface area contributed by atoms with Gasteiger partial charge in [-0.1, -0.05) is 30.3 Å². The number of ether oxygens (including phenoxy) is 2. The van der Waals surface area contributed by atoms with Gasteiger partial charge in [0.25, 0.3) is 0 Å². The average Bonchev–Trinajstić information content (AvgIpc) is 2.74. The van der Waals surface area contributed by atoms with E-state index in [1.807, 2.05) is 24.3 Å². The Hall–Kier alpha value is -2.77. The molecule has 1 unspecified atom stereocenters. The van der Waals surface area contributed by atoms with E-state index in [0.717, 1.165) is 26.2 Å². The molecule has 1 saturated heterocycles. The second-order valence-corrected chi connectivity index (χ2v) is 6.70. The fraction of sp³-hybridized carbons (Fsp3) is 0.381. The van der Waals surface area contributed by atoms with Gasteiger partial charge in [-0.3, -0.25) is 10.2 Å². The summed E-state index contributed by atoms with van der Waals surface area (Å²) < 4.78 is 10.3. The average molecular weight is 385 g/mol. The van der Waals surface area contributed by atoms with Crippen molar-refractivity contribution in [3.63, 3.8) is 0 Å². The molecule has 1 aliphatic heterocycles. The van der Waals surface area contributed by atoms with Gasteiger partial charge in [0.1, 0.15) is 18.5 Å². The summed E-state index contributed by atoms with van der Waals surface area (Å²) in [6, 6.07) is 17.4. The Bertz CT molecular complexity index is 748. The molecule has 150 valence electrons. The fourth-order valence-corrected chi connectivity index (χ4v) is 3.24. The minimum absolute atomic E-state index is 0.0557. The van der Waals surface area contributed by atoms with E-state index in [-0.39, 0.29) is 6.61 Å². The van der Waals surface area contributed by atoms with Gasteiger partial charge in [-0.15, -0.1) is 0 Å². The lowest BCUT2D eigenvalue weighted by atomic mass is 10.2. The number of hydrogen-bond acceptors (Lipinski definition) is 6. The molecule has 0 radical (unpaired) electrons. The van der Waals surface area contributed by atoms with Crippen molar-refractivity contribution >= 4 is 17.5 Å². The maximum absolute atomic E-state index is 12.0. The topological polar surface area (TPSA) is 74.3 Å². The number of β-amino-alcohol motifs (C(OH)–C–C–N with tert-alkyl or cyclic N) is 1. The number of aliphatic hydroxyl groups excluding tert-OH is 1. The SMILES string of the molecule is COc1ccccc1NC(=O)OCC(O)CN1CCN(c2ccccc2)CC1. The Balaban J connectivity index is 1.38. The lowest BCUT2D eigenvalue weighted by molar-refractivity contribution is 0.0469. The Kier molecular flexibility index (Phi) is 7.11. The molecule has 0 aliphatic carbocycles. The molecule has 2 aromatic carbocycles. The first-order chi connectivity index (χ1) is 13.7. The predicted octanol–water partition coefficient (Wildman–Crippen LogP) is 2.43. The lowest BCUT2D eigenvalue weighted by Crippen LogP contribution is -2.49. The number of nitrogens with zero attached hydrogens (tertiary/aromatic N) is 2. The number of rotatable bonds is 7. The lowest BCUT2D eigenvalue weighted by Gasteiger charge is -2.36. The Labute approximate surface area is 165 Å². The highest BCUT2D eigenvalue weighted by Crippen LogP contribution is 2.23. The molecule has 7 heteroatoms. The van der Waals surface area contributed by atoms with Gasteiger partial charge in [0, 0.05) is 38.4 Å². The highest BCUT2D eigenvalue weighted by molar-refractivity contribution is 5.86. The predicted molar refractivity (Wildman–Crippen MR) is 109 cm³/mol. The molecule has 0 bridgehead atoms. The van der Waals surface area contributed by atoms with Crippen LogP contribution in [-0.4, -0.2) is 68.6 Å². The van der Waals surface area contributed by atoms with Crippen LogP contribution in [0.2, 0.25) is 0 Å². The van der Waals surface area contributed by atoms with Crippen LogP contribution in [0.4, 0.5) is 16.2 Å². The second kappa shape index (κ2) is 9.96. The summed E-state index contributed by atoms with van der Waals surface area (Å²) >= 11 is 0. The van der Waals surface area contributed by atoms with Crippen molar-refractivity contribution in [1.82, 2.24) is 4.90 Å². The van der Waals surface area contributed by atoms with Crippen molar-refractivity contribution < 1.29 is 19.4 Å². The van der Waals surface area contributed by atoms with Crippen LogP contribution in [0.25, 0.3) is 0 Å². The number of hydrogen-bond donors (Lipinski definition) is 2. The van der Waals surface area contributed by atoms with Gasteiger partial charge in [-0.2, -0.15) is 0 Å². The summed E-state index contributed by atoms with van der Waals surface area (Å²) in [6.45, 7) is 3.96. The van der Waals surface area contributed by atoms with Crippen LogP contribution in [0.3, 0.4) is 0 Å². The van der Waals surface area contributed by atoms with E-state index < -0.39 is 12.2 Å². The van der Waals surface area contributed by atoms with Crippen molar-refractivity contribution in [1.29, 1.82) is 0 Å². The number of nitrogens with one attached hydrogen (secondary N) is 1. The van der Waals surface area contributed by atoms with Crippen molar-refractivity contribution in [2.24, 2.45) is 0 Å². The number of piperazine rings is 1. The molecule has 0 saturated carbocycles. The van der Waals surface area contributed by atoms with Crippen LogP contribution in [-0.2, 0) is 4.74 Å². The molecule has 1 amide bonds. The van der Waals surface area contributed by atoms with E-state index in [1.165, 1.54) is 12.8 Å². The molecular formula is C21H27N3O4. The number of benzene rings is 2. The van der Waals surface area contributed by atoms with Crippen LogP contribution >= 0.6 is 0 Å². The summed E-state index contributed by atoms with van der Waals surface area (Å²) in [5, 5.41) is 12.8. The monoisotopic (exact) mass is 385 g/mol. The highest BCUT2D eigenvalue weighted by Gasteiger charge is 2.20. The summed E-state index contributed by atoms with van der Waals surface area (Å²) in [5.74, 6) is 0.552. The third-order valence-electron chi connectivity index (χ3n) is 4.71. The van der Waals surface area contributed by atoms with Gasteiger partial charge in [0.05, 0.1) is 12.8 Å². The number of para-hydroxylation sites is 3. The van der Waals surface area contributed by atoms with Gasteiger partial charge in [0.15, 0.2) is 0 Å². The molecule has 2 aromatic rings. The zero-order valence-corrected chi connectivity index (χ0v) is 16.1. The second-order valence-electron chi connectivity index (χ2n) is 6.70. The number of carbonyl (C=O) groups excluding carboxylic acids is 1.